The topological polar surface area (TPSA) is 162 Å². The molecule has 1 atom stereocenters. The number of carbonyl (C=O) groups is 3. The molecule has 3 saturated heterocycles. The van der Waals surface area contributed by atoms with Crippen LogP contribution in [0.1, 0.15) is 44.1 Å². The fraction of sp³-hybridized carbons (Fsp3) is 0.360. The summed E-state index contributed by atoms with van der Waals surface area (Å²) in [6, 6.07) is 21.2. The number of piperazine rings is 1. The number of aromatic nitrogens is 4. The molecule has 0 aliphatic carbocycles. The summed E-state index contributed by atoms with van der Waals surface area (Å²) in [5.74, 6) is 0.763. The summed E-state index contributed by atoms with van der Waals surface area (Å²) in [7, 11) is 1.21. The number of benzene rings is 4. The van der Waals surface area contributed by atoms with E-state index >= 15 is 4.39 Å². The molecule has 3 amide bonds. The first-order valence-corrected chi connectivity index (χ1v) is 26.1. The summed E-state index contributed by atoms with van der Waals surface area (Å²) in [6.45, 7) is 11.4. The van der Waals surface area contributed by atoms with Crippen LogP contribution >= 0.6 is 23.9 Å². The van der Waals surface area contributed by atoms with Gasteiger partial charge in [0.1, 0.15) is 23.4 Å². The van der Waals surface area contributed by atoms with Gasteiger partial charge >= 0.3 is 0 Å². The molecule has 6 aromatic rings. The van der Waals surface area contributed by atoms with E-state index in [4.69, 9.17) is 9.72 Å². The minimum absolute atomic E-state index is 0.0309. The maximum atomic E-state index is 15.4. The highest BCUT2D eigenvalue weighted by molar-refractivity contribution is 9.10. The Morgan fingerprint density at radius 2 is 1.74 bits per heavy atom. The average Bonchev–Trinajstić information content (AvgIpc) is 3.83. The minimum atomic E-state index is -0.576. The molecule has 3 fully saturated rings. The maximum absolute atomic E-state index is 15.4. The number of amides is 3. The van der Waals surface area contributed by atoms with E-state index in [9.17, 15) is 14.4 Å². The fourth-order valence-corrected chi connectivity index (χ4v) is 11.1. The van der Waals surface area contributed by atoms with Crippen molar-refractivity contribution in [1.82, 2.24) is 34.9 Å². The number of likely N-dealkylation sites (tertiary alicyclic amines) is 1. The number of carbonyl (C=O) groups excluding carboxylic acids is 3. The lowest BCUT2D eigenvalue weighted by molar-refractivity contribution is -0.134. The van der Waals surface area contributed by atoms with Gasteiger partial charge in [-0.25, -0.2) is 9.37 Å². The van der Waals surface area contributed by atoms with E-state index in [0.29, 0.717) is 86.7 Å². The van der Waals surface area contributed by atoms with Gasteiger partial charge in [-0.3, -0.25) is 29.3 Å². The van der Waals surface area contributed by atoms with Gasteiger partial charge in [0.05, 0.1) is 30.0 Å². The number of piperidine rings is 2. The second-order valence-corrected chi connectivity index (χ2v) is 20.8. The second kappa shape index (κ2) is 20.6. The van der Waals surface area contributed by atoms with Crippen molar-refractivity contribution >= 4 is 92.2 Å². The third-order valence-corrected chi connectivity index (χ3v) is 15.1. The van der Waals surface area contributed by atoms with Gasteiger partial charge in [0.15, 0.2) is 0 Å². The lowest BCUT2D eigenvalue weighted by atomic mass is 9.89. The van der Waals surface area contributed by atoms with E-state index in [1.165, 1.54) is 22.1 Å². The minimum Gasteiger partial charge on any atom is -0.494 e. The van der Waals surface area contributed by atoms with Crippen LogP contribution in [-0.2, 0) is 20.9 Å². The molecule has 2 aromatic heterocycles. The Hall–Kier alpha value is -6.16. The standard InChI is InChI=1S/C50H56BrFN11O4P/c1-5-63-29-33(27-54-63)37-25-42(57-50-53-28-38(51)48(59-50)56-40-13-10-31-8-6-7-9-36(31)47(40)68(3)4)44(67-2)26-43(37)61-20-22-62(23-21-61)46(65)30-60-18-16-32(17-19-60)35-12-11-34(24-39(35)52)55-41-14-15-45(64)58-49(41)66/h6-13,24-29,32,41,55H,5,14-23,30H2,1-4H3,(H,58,64,66)(H2,53,56,57,59). The molecule has 9 rings (SSSR count). The fourth-order valence-electron chi connectivity index (χ4n) is 9.48. The number of rotatable bonds is 14. The first kappa shape index (κ1) is 46.9. The molecule has 5 heterocycles. The predicted octanol–water partition coefficient (Wildman–Crippen LogP) is 8.02. The molecule has 354 valence electrons. The highest BCUT2D eigenvalue weighted by Crippen LogP contribution is 2.42. The Labute approximate surface area is 405 Å². The molecule has 18 heteroatoms. The quantitative estimate of drug-likeness (QED) is 0.0616. The first-order valence-electron chi connectivity index (χ1n) is 23.1. The van der Waals surface area contributed by atoms with Crippen molar-refractivity contribution in [3.05, 3.63) is 101 Å². The van der Waals surface area contributed by atoms with E-state index in [0.717, 1.165) is 46.4 Å². The van der Waals surface area contributed by atoms with Crippen molar-refractivity contribution in [2.24, 2.45) is 0 Å². The SMILES string of the molecule is CCn1cc(-c2cc(Nc3ncc(Br)c(Nc4ccc5ccccc5c4P(C)C)n3)c(OC)cc2N2CCN(C(=O)CN3CCC(c4ccc(NC5CCC(=O)NC5=O)cc4F)CC3)CC2)cn1. The van der Waals surface area contributed by atoms with Crippen LogP contribution in [0.15, 0.2) is 89.8 Å². The van der Waals surface area contributed by atoms with Gasteiger partial charge in [-0.05, 0) is 115 Å². The summed E-state index contributed by atoms with van der Waals surface area (Å²) in [6.07, 6.45) is 7.74. The number of hydrogen-bond acceptors (Lipinski definition) is 12. The number of anilines is 6. The summed E-state index contributed by atoms with van der Waals surface area (Å²) in [4.78, 5) is 53.4. The van der Waals surface area contributed by atoms with Crippen LogP contribution in [0.4, 0.5) is 38.9 Å². The molecule has 0 saturated carbocycles. The van der Waals surface area contributed by atoms with Crippen LogP contribution < -0.4 is 36.2 Å². The highest BCUT2D eigenvalue weighted by Gasteiger charge is 2.30. The summed E-state index contributed by atoms with van der Waals surface area (Å²) in [5.41, 5.74) is 5.74. The normalized spacial score (nSPS) is 17.1. The number of halogens is 2. The Bertz CT molecular complexity index is 2850. The van der Waals surface area contributed by atoms with Gasteiger partial charge in [0, 0.05) is 91.1 Å². The number of aryl methyl sites for hydroxylation is 1. The third-order valence-electron chi connectivity index (χ3n) is 13.1. The lowest BCUT2D eigenvalue weighted by Gasteiger charge is -2.39. The Balaban J connectivity index is 0.850. The van der Waals surface area contributed by atoms with Crippen LogP contribution in [0.5, 0.6) is 5.75 Å². The zero-order valence-corrected chi connectivity index (χ0v) is 41.2. The molecule has 3 aliphatic rings. The largest absolute Gasteiger partial charge is 0.494 e. The molecular weight excluding hydrogens is 948 g/mol. The van der Waals surface area contributed by atoms with Gasteiger partial charge in [0.25, 0.3) is 0 Å². The van der Waals surface area contributed by atoms with Crippen LogP contribution in [0.2, 0.25) is 0 Å². The van der Waals surface area contributed by atoms with E-state index in [1.54, 1.807) is 25.4 Å². The molecule has 1 unspecified atom stereocenters. The van der Waals surface area contributed by atoms with Crippen LogP contribution in [0, 0.1) is 5.82 Å². The van der Waals surface area contributed by atoms with E-state index in [2.05, 4.69) is 120 Å². The number of hydrogen-bond donors (Lipinski definition) is 4. The van der Waals surface area contributed by atoms with Crippen LogP contribution in [-0.4, -0.2) is 120 Å². The van der Waals surface area contributed by atoms with Gasteiger partial charge in [-0.1, -0.05) is 44.3 Å². The van der Waals surface area contributed by atoms with Crippen molar-refractivity contribution in [3.8, 4) is 16.9 Å². The molecule has 0 spiro atoms. The van der Waals surface area contributed by atoms with Gasteiger partial charge in [-0.2, -0.15) is 10.1 Å². The molecule has 4 aromatic carbocycles. The summed E-state index contributed by atoms with van der Waals surface area (Å²) >= 11 is 3.68. The smallest absolute Gasteiger partial charge is 0.249 e. The number of nitrogens with zero attached hydrogens (tertiary/aromatic N) is 7. The monoisotopic (exact) mass is 1000 g/mol. The summed E-state index contributed by atoms with van der Waals surface area (Å²) < 4.78 is 24.1. The van der Waals surface area contributed by atoms with Crippen LogP contribution in [0.3, 0.4) is 0 Å². The zero-order valence-electron chi connectivity index (χ0n) is 38.7. The molecule has 4 N–H and O–H groups in total. The van der Waals surface area contributed by atoms with E-state index in [-0.39, 0.29) is 30.0 Å². The zero-order chi connectivity index (χ0) is 47.5. The molecule has 0 bridgehead atoms. The van der Waals surface area contributed by atoms with Crippen molar-refractivity contribution in [2.45, 2.75) is 51.1 Å². The molecule has 68 heavy (non-hydrogen) atoms. The van der Waals surface area contributed by atoms with Gasteiger partial charge in [-0.15, -0.1) is 0 Å². The Morgan fingerprint density at radius 3 is 2.46 bits per heavy atom. The third kappa shape index (κ3) is 10.3. The average molecular weight is 1000 g/mol. The Morgan fingerprint density at radius 1 is 0.941 bits per heavy atom. The molecular formula is C50H56BrFN11O4P. The molecule has 3 aliphatic heterocycles. The first-order chi connectivity index (χ1) is 32.9. The number of fused-ring (bicyclic) bond motifs is 1. The highest BCUT2D eigenvalue weighted by atomic mass is 79.9. The molecule has 0 radical (unpaired) electrons. The van der Waals surface area contributed by atoms with Gasteiger partial charge < -0.3 is 30.5 Å². The number of ether oxygens (including phenoxy) is 1. The second-order valence-electron chi connectivity index (χ2n) is 17.7. The molecule has 15 nitrogen and oxygen atoms in total. The van der Waals surface area contributed by atoms with Crippen LogP contribution in [0.25, 0.3) is 21.9 Å². The van der Waals surface area contributed by atoms with Crippen molar-refractivity contribution in [2.75, 3.05) is 87.1 Å². The number of nitrogens with one attached hydrogen (secondary N) is 4. The van der Waals surface area contributed by atoms with E-state index in [1.807, 2.05) is 28.0 Å². The Kier molecular flexibility index (Phi) is 14.2. The summed E-state index contributed by atoms with van der Waals surface area (Å²) in [5, 5.41) is 20.7. The number of methoxy groups -OCH3 is 1. The van der Waals surface area contributed by atoms with Crippen molar-refractivity contribution in [3.63, 3.8) is 0 Å². The van der Waals surface area contributed by atoms with Crippen molar-refractivity contribution in [1.29, 1.82) is 0 Å². The van der Waals surface area contributed by atoms with E-state index < -0.39 is 19.9 Å². The predicted molar refractivity (Wildman–Crippen MR) is 272 cm³/mol. The number of imide groups is 1. The lowest BCUT2D eigenvalue weighted by Crippen LogP contribution is -2.52. The maximum Gasteiger partial charge on any atom is 0.249 e. The van der Waals surface area contributed by atoms with Crippen molar-refractivity contribution < 1.29 is 23.5 Å². The van der Waals surface area contributed by atoms with Gasteiger partial charge in [0.2, 0.25) is 23.7 Å².